The van der Waals surface area contributed by atoms with E-state index in [1.807, 2.05) is 0 Å². The number of benzene rings is 2. The Balaban J connectivity index is 1.55. The van der Waals surface area contributed by atoms with Crippen LogP contribution in [0.25, 0.3) is 0 Å². The van der Waals surface area contributed by atoms with E-state index in [-0.39, 0.29) is 0 Å². The monoisotopic (exact) mass is 474 g/mol. The Kier molecular flexibility index (Phi) is 7.51. The first-order valence-corrected chi connectivity index (χ1v) is 10.7. The number of methoxy groups -OCH3 is 1. The maximum Gasteiger partial charge on any atom is 0.254 e. The minimum absolute atomic E-state index is 0.298. The summed E-state index contributed by atoms with van der Waals surface area (Å²) in [6.07, 6.45) is -1.72. The molecule has 1 unspecified atom stereocenters. The molecule has 0 radical (unpaired) electrons. The average Bonchev–Trinajstić information content (AvgIpc) is 3.27. The highest BCUT2D eigenvalue weighted by molar-refractivity contribution is 5.96. The summed E-state index contributed by atoms with van der Waals surface area (Å²) in [4.78, 5) is 25.0. The fourth-order valence-electron chi connectivity index (χ4n) is 3.59. The number of hydrogen-bond acceptors (Lipinski definition) is 6. The number of hydrogen-bond donors (Lipinski definition) is 4. The molecule has 0 saturated carbocycles. The molecule has 2 aromatic carbocycles. The maximum atomic E-state index is 13.7. The van der Waals surface area contributed by atoms with E-state index in [4.69, 9.17) is 4.74 Å². The molecule has 182 valence electrons. The molecule has 2 amide bonds. The average molecular weight is 475 g/mol. The maximum absolute atomic E-state index is 13.7. The number of ether oxygens (including phenoxy) is 1. The number of halogens is 2. The largest absolute Gasteiger partial charge is 0.497 e. The summed E-state index contributed by atoms with van der Waals surface area (Å²) in [6.45, 7) is 5.06. The molecule has 0 saturated heterocycles. The number of rotatable bonds is 8. The highest BCUT2D eigenvalue weighted by atomic mass is 19.1. The van der Waals surface area contributed by atoms with E-state index in [1.165, 1.54) is 26.2 Å². The van der Waals surface area contributed by atoms with Gasteiger partial charge in [-0.3, -0.25) is 15.0 Å². The molecular formula is C24H28F2N4O4. The van der Waals surface area contributed by atoms with E-state index >= 15 is 0 Å². The fraction of sp³-hybridized carbons (Fsp3) is 0.375. The van der Waals surface area contributed by atoms with E-state index < -0.39 is 47.2 Å². The first-order chi connectivity index (χ1) is 16.0. The van der Waals surface area contributed by atoms with Crippen molar-refractivity contribution in [1.82, 2.24) is 16.1 Å². The molecule has 0 fully saturated rings. The molecule has 0 spiro atoms. The predicted octanol–water partition coefficient (Wildman–Crippen LogP) is 2.28. The van der Waals surface area contributed by atoms with Crippen LogP contribution in [0.1, 0.15) is 44.4 Å². The second-order valence-corrected chi connectivity index (χ2v) is 8.64. The van der Waals surface area contributed by atoms with Crippen LogP contribution in [0.3, 0.4) is 0 Å². The number of carbonyl (C=O) groups excluding carboxylic acids is 2. The Morgan fingerprint density at radius 1 is 1.15 bits per heavy atom. The Hall–Kier alpha value is -3.53. The molecular weight excluding hydrogens is 446 g/mol. The third-order valence-corrected chi connectivity index (χ3v) is 5.81. The second kappa shape index (κ2) is 10.2. The normalized spacial score (nSPS) is 17.3. The fourth-order valence-corrected chi connectivity index (χ4v) is 3.59. The van der Waals surface area contributed by atoms with Crippen LogP contribution in [0.15, 0.2) is 47.6 Å². The van der Waals surface area contributed by atoms with Gasteiger partial charge in [-0.2, -0.15) is 5.10 Å². The van der Waals surface area contributed by atoms with Gasteiger partial charge in [0, 0.05) is 17.9 Å². The van der Waals surface area contributed by atoms with Crippen molar-refractivity contribution < 1.29 is 28.2 Å². The van der Waals surface area contributed by atoms with E-state index in [0.29, 0.717) is 29.0 Å². The second-order valence-electron chi connectivity index (χ2n) is 8.64. The van der Waals surface area contributed by atoms with Crippen molar-refractivity contribution in [2.24, 2.45) is 5.10 Å². The van der Waals surface area contributed by atoms with Gasteiger partial charge in [0.25, 0.3) is 5.91 Å². The highest BCUT2D eigenvalue weighted by Gasteiger charge is 2.34. The lowest BCUT2D eigenvalue weighted by molar-refractivity contribution is -0.134. The molecule has 0 aliphatic carbocycles. The third kappa shape index (κ3) is 5.69. The molecule has 1 heterocycles. The number of carbonyl (C=O) groups is 2. The molecule has 0 bridgehead atoms. The predicted molar refractivity (Wildman–Crippen MR) is 122 cm³/mol. The number of nitrogens with zero attached hydrogens (tertiary/aromatic N) is 1. The van der Waals surface area contributed by atoms with Gasteiger partial charge < -0.3 is 20.5 Å². The Labute approximate surface area is 196 Å². The lowest BCUT2D eigenvalue weighted by Gasteiger charge is -2.26. The van der Waals surface area contributed by atoms with Crippen molar-refractivity contribution in [1.29, 1.82) is 0 Å². The van der Waals surface area contributed by atoms with Gasteiger partial charge in [0.15, 0.2) is 6.10 Å². The van der Waals surface area contributed by atoms with Gasteiger partial charge in [0.2, 0.25) is 5.91 Å². The zero-order chi connectivity index (χ0) is 25.0. The van der Waals surface area contributed by atoms with Crippen molar-refractivity contribution in [2.45, 2.75) is 50.9 Å². The van der Waals surface area contributed by atoms with Crippen molar-refractivity contribution in [3.8, 4) is 5.75 Å². The third-order valence-electron chi connectivity index (χ3n) is 5.81. The van der Waals surface area contributed by atoms with E-state index in [1.54, 1.807) is 38.1 Å². The smallest absolute Gasteiger partial charge is 0.254 e. The highest BCUT2D eigenvalue weighted by Crippen LogP contribution is 2.30. The minimum atomic E-state index is -1.45. The molecule has 3 rings (SSSR count). The summed E-state index contributed by atoms with van der Waals surface area (Å²) < 4.78 is 32.4. The lowest BCUT2D eigenvalue weighted by Crippen LogP contribution is -2.51. The first-order valence-electron chi connectivity index (χ1n) is 10.7. The van der Waals surface area contributed by atoms with Crippen LogP contribution >= 0.6 is 0 Å². The number of aliphatic hydroxyl groups excluding tert-OH is 1. The van der Waals surface area contributed by atoms with Crippen LogP contribution in [-0.4, -0.2) is 41.9 Å². The standard InChI is InChI=1S/C24H28F2N4O4/c1-13(27-23(33)21(31)14-5-7-18(34-4)8-6-14)22(32)28-20-12-19(29-30-20)24(2,3)15-9-16(25)11-17(26)10-15/h5-11,13,20-21,30-31H,12H2,1-4H3,(H,27,33)(H,28,32)/t13-,20?,21-/m0/s1. The quantitative estimate of drug-likeness (QED) is 0.469. The summed E-state index contributed by atoms with van der Waals surface area (Å²) in [6, 6.07) is 8.72. The molecule has 2 aromatic rings. The summed E-state index contributed by atoms with van der Waals surface area (Å²) in [7, 11) is 1.51. The van der Waals surface area contributed by atoms with Gasteiger partial charge in [-0.25, -0.2) is 8.78 Å². The number of aliphatic hydroxyl groups is 1. The molecule has 1 aliphatic rings. The Morgan fingerprint density at radius 3 is 2.35 bits per heavy atom. The number of amides is 2. The van der Waals surface area contributed by atoms with Crippen molar-refractivity contribution in [3.05, 3.63) is 65.2 Å². The van der Waals surface area contributed by atoms with Gasteiger partial charge in [-0.1, -0.05) is 26.0 Å². The van der Waals surface area contributed by atoms with Gasteiger partial charge in [0.05, 0.1) is 12.8 Å². The van der Waals surface area contributed by atoms with Crippen LogP contribution in [0, 0.1) is 11.6 Å². The number of nitrogens with one attached hydrogen (secondary N) is 3. The Bertz CT molecular complexity index is 1070. The topological polar surface area (TPSA) is 112 Å². The zero-order valence-electron chi connectivity index (χ0n) is 19.4. The molecule has 10 heteroatoms. The lowest BCUT2D eigenvalue weighted by atomic mass is 9.78. The van der Waals surface area contributed by atoms with Crippen LogP contribution < -0.4 is 20.8 Å². The molecule has 1 aliphatic heterocycles. The van der Waals surface area contributed by atoms with Crippen LogP contribution in [0.2, 0.25) is 0 Å². The van der Waals surface area contributed by atoms with Gasteiger partial charge in [-0.15, -0.1) is 0 Å². The molecule has 4 N–H and O–H groups in total. The van der Waals surface area contributed by atoms with E-state index in [0.717, 1.165) is 6.07 Å². The van der Waals surface area contributed by atoms with Gasteiger partial charge in [-0.05, 0) is 42.3 Å². The zero-order valence-corrected chi connectivity index (χ0v) is 19.4. The summed E-state index contributed by atoms with van der Waals surface area (Å²) in [5, 5.41) is 19.7. The summed E-state index contributed by atoms with van der Waals surface area (Å²) in [5.41, 5.74) is 3.41. The van der Waals surface area contributed by atoms with Crippen LogP contribution in [0.5, 0.6) is 5.75 Å². The minimum Gasteiger partial charge on any atom is -0.497 e. The summed E-state index contributed by atoms with van der Waals surface area (Å²) in [5.74, 6) is -1.99. The molecule has 3 atom stereocenters. The SMILES string of the molecule is COc1ccc([C@H](O)C(=O)N[C@@H](C)C(=O)NC2CC(C(C)(C)c3cc(F)cc(F)c3)=NN2)cc1. The Morgan fingerprint density at radius 2 is 1.76 bits per heavy atom. The van der Waals surface area contributed by atoms with Crippen molar-refractivity contribution in [2.75, 3.05) is 7.11 Å². The van der Waals surface area contributed by atoms with Crippen molar-refractivity contribution in [3.63, 3.8) is 0 Å². The van der Waals surface area contributed by atoms with E-state index in [2.05, 4.69) is 21.2 Å². The van der Waals surface area contributed by atoms with Gasteiger partial charge >= 0.3 is 0 Å². The summed E-state index contributed by atoms with van der Waals surface area (Å²) >= 11 is 0. The number of hydrazone groups is 1. The first kappa shape index (κ1) is 25.1. The van der Waals surface area contributed by atoms with Crippen LogP contribution in [-0.2, 0) is 15.0 Å². The van der Waals surface area contributed by atoms with Crippen LogP contribution in [0.4, 0.5) is 8.78 Å². The molecule has 34 heavy (non-hydrogen) atoms. The molecule has 8 nitrogen and oxygen atoms in total. The van der Waals surface area contributed by atoms with E-state index in [9.17, 15) is 23.5 Å². The van der Waals surface area contributed by atoms with Crippen molar-refractivity contribution >= 4 is 17.5 Å². The van der Waals surface area contributed by atoms with Gasteiger partial charge in [0.1, 0.15) is 29.6 Å². The molecule has 0 aromatic heterocycles.